The van der Waals surface area contributed by atoms with E-state index in [1.165, 1.54) is 83.7 Å². The Bertz CT molecular complexity index is 1400. The molecule has 1 saturated carbocycles. The molecule has 1 N–H and O–H groups in total. The highest BCUT2D eigenvalue weighted by Gasteiger charge is 2.26. The van der Waals surface area contributed by atoms with E-state index in [9.17, 15) is 9.90 Å². The van der Waals surface area contributed by atoms with Gasteiger partial charge in [0.25, 0.3) is 0 Å². The number of nitrogens with zero attached hydrogens (tertiary/aromatic N) is 2. The van der Waals surface area contributed by atoms with Crippen LogP contribution in [-0.4, -0.2) is 33.6 Å². The zero-order valence-corrected chi connectivity index (χ0v) is 24.1. The summed E-state index contributed by atoms with van der Waals surface area (Å²) in [7, 11) is 0. The van der Waals surface area contributed by atoms with Gasteiger partial charge < -0.3 is 14.6 Å². The maximum Gasteiger partial charge on any atom is 0.335 e. The molecule has 2 heterocycles. The van der Waals surface area contributed by atoms with Crippen LogP contribution in [0.3, 0.4) is 0 Å². The van der Waals surface area contributed by atoms with Crippen molar-refractivity contribution in [3.05, 3.63) is 77.0 Å². The van der Waals surface area contributed by atoms with Gasteiger partial charge in [0.2, 0.25) is 0 Å². The number of fused-ring (bicyclic) bond motifs is 1. The molecule has 4 heteroatoms. The second-order valence-electron chi connectivity index (χ2n) is 11.6. The van der Waals surface area contributed by atoms with Crippen molar-refractivity contribution in [2.24, 2.45) is 5.92 Å². The molecule has 39 heavy (non-hydrogen) atoms. The summed E-state index contributed by atoms with van der Waals surface area (Å²) in [6.45, 7) is 14.4. The standard InChI is InChI=1S/C35H44N2O2/c1-5-6-19-37-23-32(26(4)36-20-10-11-21-36)31-16-12-15-30(34(31)37)25(3)33(27-13-8-7-9-14-27)29-18-17-28(35(38)39)22-24(29)2/h12,15-18,22-23,27H,4-11,13-14,19-21H2,1-3H3,(H,38,39)/b33-25+. The van der Waals surface area contributed by atoms with Crippen molar-refractivity contribution < 1.29 is 9.90 Å². The summed E-state index contributed by atoms with van der Waals surface area (Å²) in [4.78, 5) is 14.1. The second-order valence-corrected chi connectivity index (χ2v) is 11.6. The molecular formula is C35H44N2O2. The van der Waals surface area contributed by atoms with E-state index in [1.54, 1.807) is 6.07 Å². The molecule has 0 bridgehead atoms. The smallest absolute Gasteiger partial charge is 0.335 e. The van der Waals surface area contributed by atoms with Crippen LogP contribution in [0, 0.1) is 12.8 Å². The van der Waals surface area contributed by atoms with E-state index < -0.39 is 5.97 Å². The van der Waals surface area contributed by atoms with Gasteiger partial charge in [-0.2, -0.15) is 0 Å². The molecule has 1 saturated heterocycles. The summed E-state index contributed by atoms with van der Waals surface area (Å²) >= 11 is 0. The average molecular weight is 525 g/mol. The van der Waals surface area contributed by atoms with Gasteiger partial charge in [-0.1, -0.05) is 63.5 Å². The van der Waals surface area contributed by atoms with Gasteiger partial charge in [0.1, 0.15) is 0 Å². The number of carboxylic acids is 1. The normalized spacial score (nSPS) is 17.1. The predicted octanol–water partition coefficient (Wildman–Crippen LogP) is 9.03. The molecule has 0 spiro atoms. The van der Waals surface area contributed by atoms with Crippen LogP contribution in [0.1, 0.15) is 104 Å². The number of carboxylic acid groups (broad SMARTS) is 1. The fourth-order valence-electron chi connectivity index (χ4n) is 6.92. The summed E-state index contributed by atoms with van der Waals surface area (Å²) in [6, 6.07) is 12.5. The van der Waals surface area contributed by atoms with Crippen molar-refractivity contribution in [3.8, 4) is 0 Å². The first-order valence-electron chi connectivity index (χ1n) is 15.0. The number of likely N-dealkylation sites (tertiary alicyclic amines) is 1. The Hall–Kier alpha value is -3.27. The minimum atomic E-state index is -0.867. The maximum atomic E-state index is 11.7. The van der Waals surface area contributed by atoms with Crippen LogP contribution in [-0.2, 0) is 6.54 Å². The van der Waals surface area contributed by atoms with E-state index in [2.05, 4.69) is 67.3 Å². The van der Waals surface area contributed by atoms with Crippen molar-refractivity contribution in [2.45, 2.75) is 85.1 Å². The SMILES string of the molecule is C=C(c1cn(CCCC)c2c(/C(C)=C(/c3ccc(C(=O)O)cc3C)C3CCCCC3)cccc12)N1CCCC1. The van der Waals surface area contributed by atoms with Gasteiger partial charge in [0.15, 0.2) is 0 Å². The molecule has 1 aromatic heterocycles. The second kappa shape index (κ2) is 11.9. The minimum absolute atomic E-state index is 0.359. The highest BCUT2D eigenvalue weighted by atomic mass is 16.4. The fourth-order valence-corrected chi connectivity index (χ4v) is 6.92. The lowest BCUT2D eigenvalue weighted by atomic mass is 9.76. The summed E-state index contributed by atoms with van der Waals surface area (Å²) in [5.41, 5.74) is 10.4. The lowest BCUT2D eigenvalue weighted by molar-refractivity contribution is 0.0696. The third-order valence-electron chi connectivity index (χ3n) is 9.03. The van der Waals surface area contributed by atoms with Gasteiger partial charge in [-0.15, -0.1) is 0 Å². The third-order valence-corrected chi connectivity index (χ3v) is 9.03. The third kappa shape index (κ3) is 5.44. The number of carbonyl (C=O) groups is 1. The van der Waals surface area contributed by atoms with Crippen LogP contribution >= 0.6 is 0 Å². The van der Waals surface area contributed by atoms with Gasteiger partial charge in [0.05, 0.1) is 11.1 Å². The van der Waals surface area contributed by atoms with Crippen LogP contribution in [0.2, 0.25) is 0 Å². The van der Waals surface area contributed by atoms with Crippen molar-refractivity contribution >= 4 is 33.7 Å². The van der Waals surface area contributed by atoms with Crippen LogP contribution in [0.5, 0.6) is 0 Å². The van der Waals surface area contributed by atoms with Crippen LogP contribution in [0.4, 0.5) is 0 Å². The Morgan fingerprint density at radius 1 is 1.00 bits per heavy atom. The number of allylic oxidation sites excluding steroid dienone is 2. The van der Waals surface area contributed by atoms with Crippen LogP contribution in [0.15, 0.2) is 49.2 Å². The van der Waals surface area contributed by atoms with Crippen LogP contribution in [0.25, 0.3) is 27.7 Å². The number of rotatable bonds is 9. The number of hydrogen-bond acceptors (Lipinski definition) is 2. The van der Waals surface area contributed by atoms with Crippen molar-refractivity contribution in [2.75, 3.05) is 13.1 Å². The number of hydrogen-bond donors (Lipinski definition) is 1. The molecule has 206 valence electrons. The number of aromatic carboxylic acids is 1. The van der Waals surface area contributed by atoms with Crippen LogP contribution < -0.4 is 0 Å². The van der Waals surface area contributed by atoms with Gasteiger partial charge in [-0.05, 0) is 86.3 Å². The predicted molar refractivity (Wildman–Crippen MR) is 164 cm³/mol. The molecule has 3 aromatic rings. The molecule has 1 aliphatic carbocycles. The highest BCUT2D eigenvalue weighted by Crippen LogP contribution is 2.43. The molecule has 2 aliphatic rings. The van der Waals surface area contributed by atoms with Gasteiger partial charge in [-0.25, -0.2) is 4.79 Å². The first kappa shape index (κ1) is 27.3. The number of unbranched alkanes of at least 4 members (excludes halogenated alkanes) is 1. The molecular weight excluding hydrogens is 480 g/mol. The number of aryl methyl sites for hydroxylation is 2. The zero-order chi connectivity index (χ0) is 27.5. The molecule has 2 aromatic carbocycles. The molecule has 0 atom stereocenters. The summed E-state index contributed by atoms with van der Waals surface area (Å²) in [5, 5.41) is 10.9. The summed E-state index contributed by atoms with van der Waals surface area (Å²) < 4.78 is 2.48. The number of para-hydroxylation sites is 1. The largest absolute Gasteiger partial charge is 0.478 e. The molecule has 5 rings (SSSR count). The molecule has 0 amide bonds. The maximum absolute atomic E-state index is 11.7. The molecule has 0 radical (unpaired) electrons. The lowest BCUT2D eigenvalue weighted by Gasteiger charge is -2.28. The van der Waals surface area contributed by atoms with Crippen molar-refractivity contribution in [3.63, 3.8) is 0 Å². The Morgan fingerprint density at radius 2 is 1.74 bits per heavy atom. The van der Waals surface area contributed by atoms with E-state index in [4.69, 9.17) is 0 Å². The monoisotopic (exact) mass is 524 g/mol. The first-order valence-corrected chi connectivity index (χ1v) is 15.0. The molecule has 0 unspecified atom stereocenters. The lowest BCUT2D eigenvalue weighted by Crippen LogP contribution is -2.16. The topological polar surface area (TPSA) is 45.5 Å². The number of benzene rings is 2. The Morgan fingerprint density at radius 3 is 2.41 bits per heavy atom. The highest BCUT2D eigenvalue weighted by molar-refractivity contribution is 6.04. The number of aromatic nitrogens is 1. The van der Waals surface area contributed by atoms with E-state index in [-0.39, 0.29) is 0 Å². The fraction of sp³-hybridized carbons (Fsp3) is 0.457. The zero-order valence-electron chi connectivity index (χ0n) is 24.1. The van der Waals surface area contributed by atoms with E-state index in [0.717, 1.165) is 43.7 Å². The average Bonchev–Trinajstić information content (AvgIpc) is 3.62. The Kier molecular flexibility index (Phi) is 8.30. The molecule has 4 nitrogen and oxygen atoms in total. The van der Waals surface area contributed by atoms with Crippen molar-refractivity contribution in [1.29, 1.82) is 0 Å². The van der Waals surface area contributed by atoms with Crippen molar-refractivity contribution in [1.82, 2.24) is 9.47 Å². The molecule has 2 fully saturated rings. The Labute approximate surface area is 234 Å². The molecule has 1 aliphatic heterocycles. The van der Waals surface area contributed by atoms with Gasteiger partial charge in [0, 0.05) is 48.0 Å². The van der Waals surface area contributed by atoms with E-state index in [0.29, 0.717) is 11.5 Å². The van der Waals surface area contributed by atoms with E-state index >= 15 is 0 Å². The van der Waals surface area contributed by atoms with E-state index in [1.807, 2.05) is 6.07 Å². The Balaban J connectivity index is 1.72. The summed E-state index contributed by atoms with van der Waals surface area (Å²) in [6.07, 6.45) is 13.3. The summed E-state index contributed by atoms with van der Waals surface area (Å²) in [5.74, 6) is -0.379. The quantitative estimate of drug-likeness (QED) is 0.284. The minimum Gasteiger partial charge on any atom is -0.478 e. The van der Waals surface area contributed by atoms with Gasteiger partial charge in [-0.3, -0.25) is 0 Å². The first-order chi connectivity index (χ1) is 18.9. The van der Waals surface area contributed by atoms with Gasteiger partial charge >= 0.3 is 5.97 Å².